The lowest BCUT2D eigenvalue weighted by Crippen LogP contribution is -2.65. The summed E-state index contributed by atoms with van der Waals surface area (Å²) in [6.45, 7) is 9.65. The lowest BCUT2D eigenvalue weighted by molar-refractivity contribution is -0.374. The standard InChI is InChI=1S/C45H74O18/c1-18(17-57-41-38(55)36(53)33(50)29(15-46)61-41)6-9-26-19(2)31-28(59-26)13-24-22-8-7-21-12-27(25(48)14-45(21,5)23(22)10-11-44(24,31)4)60-43-40(37(54)34(51)30(16-47)62-43)63-42-39(56)35(52)32(49)20(3)58-42/h18,20-25,27-43,46-56H,6-17H2,1-5H3/t18-,20+,21+,22-,23+,24+,25-,27-,28+,29-,30-,31+,32+,33-,34-,35-,36+,37+,38-,39-,40-,41-,42-,43-,44+,45+/m1/s1. The third-order valence-corrected chi connectivity index (χ3v) is 17.4. The Morgan fingerprint density at radius 1 is 0.698 bits per heavy atom. The molecular weight excluding hydrogens is 828 g/mol. The zero-order chi connectivity index (χ0) is 45.4. The smallest absolute Gasteiger partial charge is 0.187 e. The molecule has 7 fully saturated rings. The quantitative estimate of drug-likeness (QED) is 0.107. The largest absolute Gasteiger partial charge is 0.494 e. The molecule has 0 spiro atoms. The second kappa shape index (κ2) is 18.7. The van der Waals surface area contributed by atoms with Gasteiger partial charge in [0.25, 0.3) is 0 Å². The average molecular weight is 903 g/mol. The van der Waals surface area contributed by atoms with E-state index in [9.17, 15) is 56.2 Å². The van der Waals surface area contributed by atoms with Crippen molar-refractivity contribution in [3.8, 4) is 0 Å². The van der Waals surface area contributed by atoms with Crippen molar-refractivity contribution >= 4 is 0 Å². The van der Waals surface area contributed by atoms with E-state index in [1.165, 1.54) is 12.5 Å². The highest BCUT2D eigenvalue weighted by molar-refractivity contribution is 5.27. The average Bonchev–Trinajstić information content (AvgIpc) is 3.74. The van der Waals surface area contributed by atoms with E-state index in [0.29, 0.717) is 36.5 Å². The van der Waals surface area contributed by atoms with Gasteiger partial charge < -0.3 is 89.3 Å². The fourth-order valence-corrected chi connectivity index (χ4v) is 13.7. The molecule has 8 rings (SSSR count). The number of fused-ring (bicyclic) bond motifs is 7. The van der Waals surface area contributed by atoms with E-state index in [0.717, 1.165) is 50.7 Å². The summed E-state index contributed by atoms with van der Waals surface area (Å²) in [7, 11) is 0. The van der Waals surface area contributed by atoms with Gasteiger partial charge in [-0.05, 0) is 111 Å². The van der Waals surface area contributed by atoms with Crippen LogP contribution >= 0.6 is 0 Å². The highest BCUT2D eigenvalue weighted by Gasteiger charge is 2.65. The van der Waals surface area contributed by atoms with E-state index < -0.39 is 118 Å². The molecule has 0 aromatic heterocycles. The third kappa shape index (κ3) is 8.57. The SMILES string of the molecule is CC1=C(CC[C@@H](C)CO[C@@H]2O[C@H](CO)[C@@H](O)[C@H](O)[C@H]2O)O[C@H]2C[C@H]3[C@@H]4CC[C@H]5C[C@@H](O[C@@H]6O[C@H](CO)[C@@H](O)[C@H](O)[C@H]6O[C@H]6O[C@@H](C)[C@H](O)[C@@H](O)[C@H]6O)[C@H](O)C[C@]5(C)[C@H]4CC[C@]3(C)[C@@H]12. The van der Waals surface area contributed by atoms with Gasteiger partial charge in [0, 0.05) is 12.3 Å². The Hall–Kier alpha value is -1.14. The number of hydrogen-bond donors (Lipinski definition) is 11. The Morgan fingerprint density at radius 2 is 1.35 bits per heavy atom. The fourth-order valence-electron chi connectivity index (χ4n) is 13.7. The van der Waals surface area contributed by atoms with E-state index >= 15 is 0 Å². The molecule has 8 aliphatic rings. The van der Waals surface area contributed by atoms with E-state index in [1.807, 2.05) is 6.92 Å². The van der Waals surface area contributed by atoms with E-state index in [-0.39, 0.29) is 35.4 Å². The molecule has 4 saturated carbocycles. The van der Waals surface area contributed by atoms with Gasteiger partial charge in [-0.25, -0.2) is 0 Å². The molecule has 4 aliphatic carbocycles. The van der Waals surface area contributed by atoms with Gasteiger partial charge in [-0.15, -0.1) is 0 Å². The van der Waals surface area contributed by atoms with E-state index in [2.05, 4.69) is 20.8 Å². The summed E-state index contributed by atoms with van der Waals surface area (Å²) >= 11 is 0. The monoisotopic (exact) mass is 902 g/mol. The van der Waals surface area contributed by atoms with Gasteiger partial charge in [0.1, 0.15) is 73.2 Å². The maximum Gasteiger partial charge on any atom is 0.187 e. The van der Waals surface area contributed by atoms with Crippen LogP contribution in [0.25, 0.3) is 0 Å². The Kier molecular flexibility index (Phi) is 14.4. The minimum absolute atomic E-state index is 0.0706. The highest BCUT2D eigenvalue weighted by atomic mass is 16.8. The number of aliphatic hydroxyl groups is 11. The van der Waals surface area contributed by atoms with Crippen molar-refractivity contribution in [2.45, 2.75) is 203 Å². The van der Waals surface area contributed by atoms with Crippen molar-refractivity contribution in [3.63, 3.8) is 0 Å². The van der Waals surface area contributed by atoms with Crippen molar-refractivity contribution in [2.75, 3.05) is 19.8 Å². The van der Waals surface area contributed by atoms with Gasteiger partial charge in [0.05, 0.1) is 43.9 Å². The van der Waals surface area contributed by atoms with Gasteiger partial charge in [-0.2, -0.15) is 0 Å². The summed E-state index contributed by atoms with van der Waals surface area (Å²) in [4.78, 5) is 0. The summed E-state index contributed by atoms with van der Waals surface area (Å²) in [5, 5.41) is 115. The molecule has 18 heteroatoms. The molecule has 0 bridgehead atoms. The van der Waals surface area contributed by atoms with Crippen molar-refractivity contribution in [1.29, 1.82) is 0 Å². The topological polar surface area (TPSA) is 287 Å². The van der Waals surface area contributed by atoms with Gasteiger partial charge in [-0.1, -0.05) is 20.8 Å². The number of aliphatic hydroxyl groups excluding tert-OH is 11. The molecule has 63 heavy (non-hydrogen) atoms. The van der Waals surface area contributed by atoms with Crippen LogP contribution in [0.15, 0.2) is 11.3 Å². The Morgan fingerprint density at radius 3 is 2.05 bits per heavy atom. The number of hydrogen-bond acceptors (Lipinski definition) is 18. The number of ether oxygens (including phenoxy) is 7. The Labute approximate surface area is 369 Å². The van der Waals surface area contributed by atoms with Crippen LogP contribution in [-0.2, 0) is 33.2 Å². The van der Waals surface area contributed by atoms with Crippen LogP contribution in [0.2, 0.25) is 0 Å². The molecule has 0 amide bonds. The summed E-state index contributed by atoms with van der Waals surface area (Å²) in [6.07, 6.45) is -14.8. The first kappa shape index (κ1) is 48.3. The first-order valence-electron chi connectivity index (χ1n) is 23.4. The first-order valence-corrected chi connectivity index (χ1v) is 23.4. The zero-order valence-corrected chi connectivity index (χ0v) is 37.1. The van der Waals surface area contributed by atoms with Crippen LogP contribution in [0, 0.1) is 46.3 Å². The van der Waals surface area contributed by atoms with Gasteiger partial charge in [-0.3, -0.25) is 0 Å². The minimum atomic E-state index is -1.68. The predicted octanol–water partition coefficient (Wildman–Crippen LogP) is -0.831. The normalized spacial score (nSPS) is 53.9. The van der Waals surface area contributed by atoms with Gasteiger partial charge >= 0.3 is 0 Å². The minimum Gasteiger partial charge on any atom is -0.494 e. The van der Waals surface area contributed by atoms with Crippen LogP contribution in [0.3, 0.4) is 0 Å². The van der Waals surface area contributed by atoms with Crippen LogP contribution in [0.5, 0.6) is 0 Å². The lowest BCUT2D eigenvalue weighted by atomic mass is 9.44. The molecule has 0 aromatic carbocycles. The summed E-state index contributed by atoms with van der Waals surface area (Å²) in [6, 6.07) is 0. The molecule has 11 N–H and O–H groups in total. The summed E-state index contributed by atoms with van der Waals surface area (Å²) < 4.78 is 42.1. The first-order chi connectivity index (χ1) is 29.8. The van der Waals surface area contributed by atoms with Crippen LogP contribution in [0.4, 0.5) is 0 Å². The second-order valence-electron chi connectivity index (χ2n) is 21.0. The molecule has 18 nitrogen and oxygen atoms in total. The molecule has 26 atom stereocenters. The van der Waals surface area contributed by atoms with Crippen LogP contribution in [-0.4, -0.2) is 186 Å². The molecule has 0 radical (unpaired) electrons. The van der Waals surface area contributed by atoms with Crippen LogP contribution in [0.1, 0.15) is 92.4 Å². The Bertz CT molecular complexity index is 1600. The lowest BCUT2D eigenvalue weighted by Gasteiger charge is -2.61. The molecule has 0 unspecified atom stereocenters. The van der Waals surface area contributed by atoms with Crippen molar-refractivity contribution in [3.05, 3.63) is 11.3 Å². The van der Waals surface area contributed by atoms with Gasteiger partial charge in [0.2, 0.25) is 0 Å². The molecule has 362 valence electrons. The zero-order valence-electron chi connectivity index (χ0n) is 37.1. The molecule has 4 aliphatic heterocycles. The fraction of sp³-hybridized carbons (Fsp3) is 0.956. The molecule has 4 heterocycles. The van der Waals surface area contributed by atoms with Crippen molar-refractivity contribution in [1.82, 2.24) is 0 Å². The van der Waals surface area contributed by atoms with Crippen molar-refractivity contribution in [2.24, 2.45) is 46.3 Å². The maximum atomic E-state index is 11.9. The summed E-state index contributed by atoms with van der Waals surface area (Å²) in [5.41, 5.74) is 1.23. The van der Waals surface area contributed by atoms with Gasteiger partial charge in [0.15, 0.2) is 18.9 Å². The number of rotatable bonds is 12. The van der Waals surface area contributed by atoms with E-state index in [4.69, 9.17) is 33.2 Å². The molecular formula is C45H74O18. The molecule has 3 saturated heterocycles. The third-order valence-electron chi connectivity index (χ3n) is 17.4. The van der Waals surface area contributed by atoms with E-state index in [1.54, 1.807) is 0 Å². The molecule has 0 aromatic rings. The number of allylic oxidation sites excluding steroid dienone is 1. The predicted molar refractivity (Wildman–Crippen MR) is 218 cm³/mol. The van der Waals surface area contributed by atoms with Crippen LogP contribution < -0.4 is 0 Å². The highest BCUT2D eigenvalue weighted by Crippen LogP contribution is 2.70. The maximum absolute atomic E-state index is 11.9. The second-order valence-corrected chi connectivity index (χ2v) is 21.0. The summed E-state index contributed by atoms with van der Waals surface area (Å²) in [5.74, 6) is 2.99. The van der Waals surface area contributed by atoms with Crippen molar-refractivity contribution < 1.29 is 89.3 Å². The Balaban J connectivity index is 0.886.